The molecule has 4 rings (SSSR count). The molecule has 0 N–H and O–H groups in total. The molecule has 27 heavy (non-hydrogen) atoms. The molecule has 2 heterocycles. The Labute approximate surface area is 167 Å². The number of hydrogen-bond donors (Lipinski definition) is 0. The molecule has 1 aliphatic heterocycles. The van der Waals surface area contributed by atoms with Gasteiger partial charge in [0.15, 0.2) is 12.4 Å². The zero-order valence-corrected chi connectivity index (χ0v) is 16.0. The third-order valence-electron chi connectivity index (χ3n) is 4.55. The number of halogens is 2. The molecule has 0 radical (unpaired) electrons. The van der Waals surface area contributed by atoms with Crippen LogP contribution >= 0.6 is 23.2 Å². The molecule has 0 unspecified atom stereocenters. The van der Waals surface area contributed by atoms with E-state index in [1.165, 1.54) is 11.1 Å². The van der Waals surface area contributed by atoms with Crippen LogP contribution in [0, 0.1) is 0 Å². The number of ether oxygens (including phenoxy) is 1. The van der Waals surface area contributed by atoms with Crippen molar-refractivity contribution in [3.8, 4) is 5.75 Å². The van der Waals surface area contributed by atoms with Gasteiger partial charge in [0.25, 0.3) is 5.91 Å². The number of carbonyl (C=O) groups is 1. The third kappa shape index (κ3) is 3.80. The highest BCUT2D eigenvalue weighted by atomic mass is 35.5. The first-order chi connectivity index (χ1) is 13.1. The van der Waals surface area contributed by atoms with Gasteiger partial charge in [-0.2, -0.15) is 5.10 Å². The van der Waals surface area contributed by atoms with E-state index in [1.54, 1.807) is 35.1 Å². The number of amides is 1. The van der Waals surface area contributed by atoms with Crippen LogP contribution < -0.4 is 4.74 Å². The van der Waals surface area contributed by atoms with Gasteiger partial charge >= 0.3 is 0 Å². The number of hydrogen-bond acceptors (Lipinski definition) is 3. The van der Waals surface area contributed by atoms with Gasteiger partial charge in [0, 0.05) is 19.3 Å². The minimum atomic E-state index is -0.0796. The Hall–Kier alpha value is -2.50. The van der Waals surface area contributed by atoms with E-state index < -0.39 is 0 Å². The standard InChI is InChI=1S/C20H17Cl2N3O2/c21-16-6-3-7-18(19(16)22)27-13-25-11-9-17(23-25)20(26)24-10-8-14-4-1-2-5-15(14)12-24/h1-7,9,11H,8,10,12-13H2. The molecule has 0 atom stereocenters. The maximum atomic E-state index is 12.8. The monoisotopic (exact) mass is 401 g/mol. The maximum absolute atomic E-state index is 12.8. The van der Waals surface area contributed by atoms with Gasteiger partial charge in [0.2, 0.25) is 0 Å². The minimum absolute atomic E-state index is 0.0796. The molecule has 0 spiro atoms. The highest BCUT2D eigenvalue weighted by Gasteiger charge is 2.23. The fourth-order valence-electron chi connectivity index (χ4n) is 3.11. The van der Waals surface area contributed by atoms with E-state index >= 15 is 0 Å². The van der Waals surface area contributed by atoms with Crippen molar-refractivity contribution in [2.45, 2.75) is 19.7 Å². The zero-order chi connectivity index (χ0) is 18.8. The topological polar surface area (TPSA) is 47.4 Å². The van der Waals surface area contributed by atoms with Crippen LogP contribution in [0.15, 0.2) is 54.7 Å². The summed E-state index contributed by atoms with van der Waals surface area (Å²) < 4.78 is 7.21. The van der Waals surface area contributed by atoms with Gasteiger partial charge in [-0.25, -0.2) is 4.68 Å². The maximum Gasteiger partial charge on any atom is 0.274 e. The Bertz CT molecular complexity index is 987. The average molecular weight is 402 g/mol. The molecule has 0 fully saturated rings. The molecular formula is C20H17Cl2N3O2. The lowest BCUT2D eigenvalue weighted by Gasteiger charge is -2.28. The molecule has 5 nitrogen and oxygen atoms in total. The van der Waals surface area contributed by atoms with Gasteiger partial charge in [-0.3, -0.25) is 4.79 Å². The summed E-state index contributed by atoms with van der Waals surface area (Å²) in [6, 6.07) is 15.1. The van der Waals surface area contributed by atoms with Crippen LogP contribution in [0.4, 0.5) is 0 Å². The zero-order valence-electron chi connectivity index (χ0n) is 14.4. The second-order valence-electron chi connectivity index (χ2n) is 6.31. The normalized spacial score (nSPS) is 13.3. The van der Waals surface area contributed by atoms with Crippen molar-refractivity contribution in [3.05, 3.63) is 81.6 Å². The summed E-state index contributed by atoms with van der Waals surface area (Å²) in [4.78, 5) is 14.6. The van der Waals surface area contributed by atoms with Crippen LogP contribution in [0.2, 0.25) is 10.0 Å². The molecule has 1 aliphatic rings. The van der Waals surface area contributed by atoms with Crippen molar-refractivity contribution in [1.82, 2.24) is 14.7 Å². The first kappa shape index (κ1) is 17.9. The summed E-state index contributed by atoms with van der Waals surface area (Å²) in [5.41, 5.74) is 2.89. The van der Waals surface area contributed by atoms with Crippen LogP contribution in [0.3, 0.4) is 0 Å². The molecule has 0 saturated heterocycles. The molecule has 0 saturated carbocycles. The molecule has 1 aromatic heterocycles. The van der Waals surface area contributed by atoms with E-state index in [0.29, 0.717) is 34.6 Å². The van der Waals surface area contributed by atoms with E-state index in [9.17, 15) is 4.79 Å². The van der Waals surface area contributed by atoms with Gasteiger partial charge in [-0.1, -0.05) is 53.5 Å². The highest BCUT2D eigenvalue weighted by Crippen LogP contribution is 2.31. The predicted octanol–water partition coefficient (Wildman–Crippen LogP) is 4.42. The Morgan fingerprint density at radius 3 is 2.74 bits per heavy atom. The van der Waals surface area contributed by atoms with E-state index in [2.05, 4.69) is 17.2 Å². The summed E-state index contributed by atoms with van der Waals surface area (Å²) in [5.74, 6) is 0.393. The molecule has 138 valence electrons. The Morgan fingerprint density at radius 1 is 1.07 bits per heavy atom. The number of benzene rings is 2. The molecule has 7 heteroatoms. The van der Waals surface area contributed by atoms with Crippen molar-refractivity contribution in [3.63, 3.8) is 0 Å². The summed E-state index contributed by atoms with van der Waals surface area (Å²) in [7, 11) is 0. The minimum Gasteiger partial charge on any atom is -0.470 e. The van der Waals surface area contributed by atoms with Crippen LogP contribution in [0.5, 0.6) is 5.75 Å². The van der Waals surface area contributed by atoms with Crippen molar-refractivity contribution in [2.75, 3.05) is 6.54 Å². The Balaban J connectivity index is 1.42. The van der Waals surface area contributed by atoms with Crippen LogP contribution in [-0.2, 0) is 19.7 Å². The van der Waals surface area contributed by atoms with Gasteiger partial charge in [0.05, 0.1) is 5.02 Å². The summed E-state index contributed by atoms with van der Waals surface area (Å²) in [5, 5.41) is 5.12. The molecule has 0 bridgehead atoms. The van der Waals surface area contributed by atoms with Crippen LogP contribution in [0.1, 0.15) is 21.6 Å². The summed E-state index contributed by atoms with van der Waals surface area (Å²) in [6.45, 7) is 1.43. The van der Waals surface area contributed by atoms with Crippen molar-refractivity contribution in [1.29, 1.82) is 0 Å². The van der Waals surface area contributed by atoms with Gasteiger partial charge in [-0.05, 0) is 35.7 Å². The second kappa shape index (κ2) is 7.62. The first-order valence-electron chi connectivity index (χ1n) is 8.58. The summed E-state index contributed by atoms with van der Waals surface area (Å²) >= 11 is 12.1. The lowest BCUT2D eigenvalue weighted by atomic mass is 10.00. The van der Waals surface area contributed by atoms with E-state index in [4.69, 9.17) is 27.9 Å². The molecular weight excluding hydrogens is 385 g/mol. The Kier molecular flexibility index (Phi) is 5.05. The fraction of sp³-hybridized carbons (Fsp3) is 0.200. The highest BCUT2D eigenvalue weighted by molar-refractivity contribution is 6.42. The number of aromatic nitrogens is 2. The molecule has 2 aromatic carbocycles. The van der Waals surface area contributed by atoms with Gasteiger partial charge < -0.3 is 9.64 Å². The lowest BCUT2D eigenvalue weighted by molar-refractivity contribution is 0.0726. The van der Waals surface area contributed by atoms with Crippen LogP contribution in [0.25, 0.3) is 0 Å². The third-order valence-corrected chi connectivity index (χ3v) is 5.35. The van der Waals surface area contributed by atoms with E-state index in [1.807, 2.05) is 17.0 Å². The predicted molar refractivity (Wildman–Crippen MR) is 104 cm³/mol. The van der Waals surface area contributed by atoms with Gasteiger partial charge in [0.1, 0.15) is 10.8 Å². The number of carbonyl (C=O) groups excluding carboxylic acids is 1. The number of fused-ring (bicyclic) bond motifs is 1. The number of rotatable bonds is 4. The SMILES string of the molecule is O=C(c1ccn(COc2cccc(Cl)c2Cl)n1)N1CCc2ccccc2C1. The molecule has 1 amide bonds. The summed E-state index contributed by atoms with van der Waals surface area (Å²) in [6.07, 6.45) is 2.57. The van der Waals surface area contributed by atoms with E-state index in [0.717, 1.165) is 6.42 Å². The smallest absolute Gasteiger partial charge is 0.274 e. The van der Waals surface area contributed by atoms with Gasteiger partial charge in [-0.15, -0.1) is 0 Å². The largest absolute Gasteiger partial charge is 0.470 e. The lowest BCUT2D eigenvalue weighted by Crippen LogP contribution is -2.36. The van der Waals surface area contributed by atoms with E-state index in [-0.39, 0.29) is 12.6 Å². The first-order valence-corrected chi connectivity index (χ1v) is 9.34. The van der Waals surface area contributed by atoms with Crippen molar-refractivity contribution >= 4 is 29.1 Å². The average Bonchev–Trinajstić information content (AvgIpc) is 3.17. The Morgan fingerprint density at radius 2 is 1.89 bits per heavy atom. The van der Waals surface area contributed by atoms with Crippen LogP contribution in [-0.4, -0.2) is 27.1 Å². The van der Waals surface area contributed by atoms with Crippen molar-refractivity contribution < 1.29 is 9.53 Å². The fourth-order valence-corrected chi connectivity index (χ4v) is 3.46. The molecule has 3 aromatic rings. The number of nitrogens with zero attached hydrogens (tertiary/aromatic N) is 3. The molecule has 0 aliphatic carbocycles. The quantitative estimate of drug-likeness (QED) is 0.649. The van der Waals surface area contributed by atoms with Crippen molar-refractivity contribution in [2.24, 2.45) is 0 Å². The second-order valence-corrected chi connectivity index (χ2v) is 7.10.